The first-order valence-corrected chi connectivity index (χ1v) is 4.38. The van der Waals surface area contributed by atoms with Gasteiger partial charge in [0.25, 0.3) is 6.43 Å². The lowest BCUT2D eigenvalue weighted by Crippen LogP contribution is -2.04. The molecule has 0 fully saturated rings. The summed E-state index contributed by atoms with van der Waals surface area (Å²) in [4.78, 5) is 13.2. The van der Waals surface area contributed by atoms with E-state index in [1.807, 2.05) is 0 Å². The lowest BCUT2D eigenvalue weighted by molar-refractivity contribution is -0.390. The average molecular weight is 243 g/mol. The third-order valence-corrected chi connectivity index (χ3v) is 1.94. The minimum Gasteiger partial charge on any atom is -0.462 e. The maximum absolute atomic E-state index is 12.6. The number of hydrogen-bond acceptors (Lipinski definition) is 5. The van der Waals surface area contributed by atoms with Gasteiger partial charge in [-0.15, -0.1) is 0 Å². The molecule has 0 unspecified atom stereocenters. The summed E-state index contributed by atoms with van der Waals surface area (Å²) in [5, 5.41) is 19.1. The zero-order valence-corrected chi connectivity index (χ0v) is 8.68. The number of methoxy groups -OCH3 is 1. The van der Waals surface area contributed by atoms with Crippen LogP contribution in [0.25, 0.3) is 0 Å². The van der Waals surface area contributed by atoms with Gasteiger partial charge < -0.3 is 14.9 Å². The van der Waals surface area contributed by atoms with Gasteiger partial charge in [0.15, 0.2) is 0 Å². The molecule has 0 amide bonds. The van der Waals surface area contributed by atoms with Crippen LogP contribution in [0.2, 0.25) is 0 Å². The van der Waals surface area contributed by atoms with E-state index in [9.17, 15) is 18.9 Å². The van der Waals surface area contributed by atoms with Crippen LogP contribution in [-0.2, 0) is 6.42 Å². The quantitative estimate of drug-likeness (QED) is 0.596. The van der Waals surface area contributed by atoms with Gasteiger partial charge >= 0.3 is 11.7 Å². The fourth-order valence-corrected chi connectivity index (χ4v) is 1.24. The Morgan fingerprint density at radius 2 is 2.35 bits per heavy atom. The summed E-state index contributed by atoms with van der Waals surface area (Å²) in [7, 11) is 1.09. The number of nitrogens with zero attached hydrogens (tertiary/aromatic N) is 3. The van der Waals surface area contributed by atoms with Crippen LogP contribution in [0.1, 0.15) is 17.6 Å². The van der Waals surface area contributed by atoms with Crippen LogP contribution in [0, 0.1) is 21.4 Å². The Hall–Kier alpha value is -2.30. The molecule has 0 aliphatic carbocycles. The van der Waals surface area contributed by atoms with Crippen molar-refractivity contribution in [1.29, 1.82) is 5.26 Å². The largest absolute Gasteiger partial charge is 0.462 e. The molecule has 0 aliphatic heterocycles. The number of rotatable bonds is 4. The van der Waals surface area contributed by atoms with Crippen LogP contribution in [0.3, 0.4) is 0 Å². The summed E-state index contributed by atoms with van der Waals surface area (Å²) in [6.07, 6.45) is -3.25. The molecule has 0 radical (unpaired) electrons. The van der Waals surface area contributed by atoms with Crippen LogP contribution in [-0.4, -0.2) is 17.0 Å². The smallest absolute Gasteiger partial charge is 0.372 e. The zero-order chi connectivity index (χ0) is 13.0. The molecular formula is C9H7F2N3O3. The number of ether oxygens (including phenoxy) is 1. The van der Waals surface area contributed by atoms with E-state index in [1.165, 1.54) is 0 Å². The number of alkyl halides is 2. The van der Waals surface area contributed by atoms with Gasteiger partial charge in [0.05, 0.1) is 25.2 Å². The van der Waals surface area contributed by atoms with Crippen molar-refractivity contribution in [3.8, 4) is 11.9 Å². The molecule has 0 bridgehead atoms. The fraction of sp³-hybridized carbons (Fsp3) is 0.333. The van der Waals surface area contributed by atoms with Gasteiger partial charge in [-0.25, -0.2) is 8.78 Å². The van der Waals surface area contributed by atoms with Gasteiger partial charge in [0.2, 0.25) is 0 Å². The summed E-state index contributed by atoms with van der Waals surface area (Å²) < 4.78 is 29.7. The van der Waals surface area contributed by atoms with E-state index in [0.29, 0.717) is 0 Å². The third-order valence-electron chi connectivity index (χ3n) is 1.94. The van der Waals surface area contributed by atoms with Gasteiger partial charge in [-0.2, -0.15) is 5.26 Å². The van der Waals surface area contributed by atoms with Gasteiger partial charge in [0.1, 0.15) is 5.56 Å². The minimum atomic E-state index is -2.88. The predicted molar refractivity (Wildman–Crippen MR) is 51.7 cm³/mol. The highest BCUT2D eigenvalue weighted by Crippen LogP contribution is 2.31. The van der Waals surface area contributed by atoms with Crippen LogP contribution < -0.4 is 4.74 Å². The minimum absolute atomic E-state index is 0.159. The average Bonchev–Trinajstić information content (AvgIpc) is 2.28. The van der Waals surface area contributed by atoms with Crippen molar-refractivity contribution < 1.29 is 18.4 Å². The van der Waals surface area contributed by atoms with E-state index in [2.05, 4.69) is 9.72 Å². The Balaban J connectivity index is 3.43. The van der Waals surface area contributed by atoms with Gasteiger partial charge in [-0.3, -0.25) is 0 Å². The van der Waals surface area contributed by atoms with Crippen LogP contribution >= 0.6 is 0 Å². The molecular weight excluding hydrogens is 236 g/mol. The van der Waals surface area contributed by atoms with Crippen molar-refractivity contribution in [2.45, 2.75) is 12.8 Å². The molecule has 1 aromatic rings. The highest BCUT2D eigenvalue weighted by atomic mass is 19.3. The highest BCUT2D eigenvalue weighted by Gasteiger charge is 2.26. The normalized spacial score (nSPS) is 10.1. The highest BCUT2D eigenvalue weighted by molar-refractivity contribution is 5.43. The Kier molecular flexibility index (Phi) is 3.87. The summed E-state index contributed by atoms with van der Waals surface area (Å²) in [5.41, 5.74) is -0.725. The summed E-state index contributed by atoms with van der Waals surface area (Å²) in [6.45, 7) is 0. The number of nitriles is 1. The van der Waals surface area contributed by atoms with Crippen molar-refractivity contribution in [2.24, 2.45) is 0 Å². The second-order valence-corrected chi connectivity index (χ2v) is 2.96. The molecule has 8 heteroatoms. The molecule has 0 aromatic carbocycles. The lowest BCUT2D eigenvalue weighted by Gasteiger charge is -2.05. The van der Waals surface area contributed by atoms with Crippen LogP contribution in [0.15, 0.2) is 6.07 Å². The molecule has 0 saturated heterocycles. The molecule has 0 atom stereocenters. The van der Waals surface area contributed by atoms with E-state index < -0.39 is 28.6 Å². The number of halogens is 2. The van der Waals surface area contributed by atoms with Crippen molar-refractivity contribution >= 4 is 5.82 Å². The summed E-state index contributed by atoms with van der Waals surface area (Å²) in [5.74, 6) is -1.15. The maximum atomic E-state index is 12.6. The third kappa shape index (κ3) is 2.63. The topological polar surface area (TPSA) is 89.1 Å². The lowest BCUT2D eigenvalue weighted by atomic mass is 10.1. The molecule has 0 N–H and O–H groups in total. The van der Waals surface area contributed by atoms with E-state index in [1.54, 1.807) is 6.07 Å². The predicted octanol–water partition coefficient (Wildman–Crippen LogP) is 2.00. The van der Waals surface area contributed by atoms with Crippen molar-refractivity contribution in [2.75, 3.05) is 7.11 Å². The zero-order valence-electron chi connectivity index (χ0n) is 8.68. The van der Waals surface area contributed by atoms with Crippen LogP contribution in [0.5, 0.6) is 5.88 Å². The molecule has 1 heterocycles. The second-order valence-electron chi connectivity index (χ2n) is 2.96. The van der Waals surface area contributed by atoms with Gasteiger partial charge in [0, 0.05) is 4.98 Å². The Morgan fingerprint density at radius 1 is 1.71 bits per heavy atom. The van der Waals surface area contributed by atoms with Gasteiger partial charge in [-0.05, 0) is 11.0 Å². The van der Waals surface area contributed by atoms with E-state index >= 15 is 0 Å². The Bertz CT molecular complexity index is 485. The van der Waals surface area contributed by atoms with Crippen molar-refractivity contribution in [1.82, 2.24) is 4.98 Å². The number of nitro groups is 1. The van der Waals surface area contributed by atoms with E-state index in [-0.39, 0.29) is 12.0 Å². The molecule has 0 aliphatic rings. The number of hydrogen-bond donors (Lipinski definition) is 0. The molecule has 1 aromatic heterocycles. The molecule has 17 heavy (non-hydrogen) atoms. The maximum Gasteiger partial charge on any atom is 0.372 e. The first-order valence-electron chi connectivity index (χ1n) is 4.38. The molecule has 90 valence electrons. The van der Waals surface area contributed by atoms with E-state index in [4.69, 9.17) is 5.26 Å². The standard InChI is InChI=1S/C9H7F2N3O3/c1-17-9-6(7(10)11)4-5(2-3-12)8(13-9)14(15)16/h4,7H,2H2,1H3. The van der Waals surface area contributed by atoms with Crippen LogP contribution in [0.4, 0.5) is 14.6 Å². The molecule has 0 saturated carbocycles. The second kappa shape index (κ2) is 5.16. The van der Waals surface area contributed by atoms with E-state index in [0.717, 1.165) is 13.2 Å². The SMILES string of the molecule is COc1nc([N+](=O)[O-])c(CC#N)cc1C(F)F. The first kappa shape index (κ1) is 12.8. The first-order chi connectivity index (χ1) is 8.01. The van der Waals surface area contributed by atoms with Crippen molar-refractivity contribution in [3.63, 3.8) is 0 Å². The Labute approximate surface area is 94.6 Å². The van der Waals surface area contributed by atoms with Gasteiger partial charge in [-0.1, -0.05) is 0 Å². The molecule has 1 rings (SSSR count). The number of aromatic nitrogens is 1. The molecule has 0 spiro atoms. The summed E-state index contributed by atoms with van der Waals surface area (Å²) in [6, 6.07) is 2.53. The summed E-state index contributed by atoms with van der Waals surface area (Å²) >= 11 is 0. The monoisotopic (exact) mass is 243 g/mol. The molecule has 6 nitrogen and oxygen atoms in total. The van der Waals surface area contributed by atoms with Crippen molar-refractivity contribution in [3.05, 3.63) is 27.3 Å². The Morgan fingerprint density at radius 3 is 2.76 bits per heavy atom. The number of pyridine rings is 1. The fourth-order valence-electron chi connectivity index (χ4n) is 1.24.